The van der Waals surface area contributed by atoms with Crippen molar-refractivity contribution >= 4 is 5.82 Å². The van der Waals surface area contributed by atoms with Gasteiger partial charge in [-0.25, -0.2) is 9.97 Å². The van der Waals surface area contributed by atoms with Gasteiger partial charge in [-0.05, 0) is 39.2 Å². The Hall–Kier alpha value is -1.36. The molecule has 1 aliphatic rings. The summed E-state index contributed by atoms with van der Waals surface area (Å²) in [5.74, 6) is 2.21. The van der Waals surface area contributed by atoms with Crippen LogP contribution >= 0.6 is 0 Å². The summed E-state index contributed by atoms with van der Waals surface area (Å²) in [7, 11) is 0. The molecule has 0 amide bonds. The molecule has 1 saturated heterocycles. The van der Waals surface area contributed by atoms with Gasteiger partial charge in [-0.15, -0.1) is 0 Å². The summed E-state index contributed by atoms with van der Waals surface area (Å²) in [6, 6.07) is 2.53. The molecule has 1 unspecified atom stereocenters. The second-order valence-electron chi connectivity index (χ2n) is 5.71. The topological polar surface area (TPSA) is 50.3 Å². The van der Waals surface area contributed by atoms with Gasteiger partial charge in [-0.3, -0.25) is 0 Å². The van der Waals surface area contributed by atoms with Gasteiger partial charge in [-0.1, -0.05) is 6.92 Å². The third-order valence-corrected chi connectivity index (χ3v) is 3.72. The van der Waals surface area contributed by atoms with E-state index in [1.165, 1.54) is 19.5 Å². The molecule has 1 aliphatic heterocycles. The van der Waals surface area contributed by atoms with E-state index < -0.39 is 0 Å². The van der Waals surface area contributed by atoms with Crippen molar-refractivity contribution in [1.29, 1.82) is 0 Å². The molecular weight excluding hydrogens is 252 g/mol. The molecule has 0 aromatic carbocycles. The fraction of sp³-hybridized carbons (Fsp3) is 0.733. The predicted molar refractivity (Wildman–Crippen MR) is 81.1 cm³/mol. The molecule has 0 aliphatic carbocycles. The highest BCUT2D eigenvalue weighted by Crippen LogP contribution is 2.19. The molecule has 2 heterocycles. The monoisotopic (exact) mass is 278 g/mol. The Morgan fingerprint density at radius 1 is 1.45 bits per heavy atom. The number of ether oxygens (including phenoxy) is 1. The van der Waals surface area contributed by atoms with Gasteiger partial charge in [0.15, 0.2) is 0 Å². The zero-order valence-electron chi connectivity index (χ0n) is 12.8. The third-order valence-electron chi connectivity index (χ3n) is 3.72. The van der Waals surface area contributed by atoms with Gasteiger partial charge in [0, 0.05) is 25.2 Å². The van der Waals surface area contributed by atoms with Crippen molar-refractivity contribution in [2.45, 2.75) is 39.7 Å². The van der Waals surface area contributed by atoms with Crippen LogP contribution in [0.3, 0.4) is 0 Å². The minimum absolute atomic E-state index is 0.646. The molecule has 0 saturated carbocycles. The largest absolute Gasteiger partial charge is 0.478 e. The van der Waals surface area contributed by atoms with Crippen molar-refractivity contribution in [1.82, 2.24) is 14.9 Å². The Balaban J connectivity index is 1.79. The van der Waals surface area contributed by atoms with Crippen molar-refractivity contribution < 1.29 is 4.74 Å². The zero-order valence-corrected chi connectivity index (χ0v) is 12.8. The molecule has 0 spiro atoms. The van der Waals surface area contributed by atoms with Gasteiger partial charge in [0.1, 0.15) is 12.1 Å². The van der Waals surface area contributed by atoms with Crippen LogP contribution in [0.5, 0.6) is 5.88 Å². The number of hydrogen-bond donors (Lipinski definition) is 1. The standard InChI is InChI=1S/C15H26N4O/c1-4-7-20-15-8-14(17-11-18-15)16-9-13-5-6-19(10-13)12(2)3/h8,11-13H,4-7,9-10H2,1-3H3,(H,16,17,18). The molecule has 1 N–H and O–H groups in total. The van der Waals surface area contributed by atoms with E-state index >= 15 is 0 Å². The van der Waals surface area contributed by atoms with Gasteiger partial charge in [-0.2, -0.15) is 0 Å². The van der Waals surface area contributed by atoms with Gasteiger partial charge in [0.25, 0.3) is 0 Å². The Morgan fingerprint density at radius 2 is 2.30 bits per heavy atom. The van der Waals surface area contributed by atoms with Crippen LogP contribution in [0.25, 0.3) is 0 Å². The van der Waals surface area contributed by atoms with Gasteiger partial charge in [0.05, 0.1) is 6.61 Å². The lowest BCUT2D eigenvalue weighted by molar-refractivity contribution is 0.266. The molecule has 5 heteroatoms. The minimum atomic E-state index is 0.646. The van der Waals surface area contributed by atoms with Crippen molar-refractivity contribution in [3.05, 3.63) is 12.4 Å². The van der Waals surface area contributed by atoms with E-state index in [2.05, 4.69) is 41.0 Å². The van der Waals surface area contributed by atoms with Gasteiger partial charge >= 0.3 is 0 Å². The number of hydrogen-bond acceptors (Lipinski definition) is 5. The number of aromatic nitrogens is 2. The van der Waals surface area contributed by atoms with Crippen LogP contribution in [0, 0.1) is 5.92 Å². The first-order valence-electron chi connectivity index (χ1n) is 7.61. The van der Waals surface area contributed by atoms with E-state index in [1.807, 2.05) is 6.07 Å². The van der Waals surface area contributed by atoms with E-state index in [0.717, 1.165) is 18.8 Å². The number of nitrogens with zero attached hydrogens (tertiary/aromatic N) is 3. The molecule has 112 valence electrons. The van der Waals surface area contributed by atoms with E-state index in [4.69, 9.17) is 4.74 Å². The molecule has 1 fully saturated rings. The first-order valence-corrected chi connectivity index (χ1v) is 7.61. The van der Waals surface area contributed by atoms with Crippen LogP contribution in [-0.2, 0) is 0 Å². The molecule has 1 atom stereocenters. The lowest BCUT2D eigenvalue weighted by Crippen LogP contribution is -2.29. The zero-order chi connectivity index (χ0) is 14.4. The highest BCUT2D eigenvalue weighted by Gasteiger charge is 2.23. The molecule has 1 aromatic rings. The molecular formula is C15H26N4O. The van der Waals surface area contributed by atoms with E-state index in [-0.39, 0.29) is 0 Å². The van der Waals surface area contributed by atoms with Crippen LogP contribution < -0.4 is 10.1 Å². The van der Waals surface area contributed by atoms with E-state index in [0.29, 0.717) is 24.4 Å². The van der Waals surface area contributed by atoms with Crippen LogP contribution in [0.15, 0.2) is 12.4 Å². The number of likely N-dealkylation sites (tertiary alicyclic amines) is 1. The Bertz CT molecular complexity index is 411. The number of anilines is 1. The summed E-state index contributed by atoms with van der Waals surface area (Å²) >= 11 is 0. The maximum atomic E-state index is 5.52. The highest BCUT2D eigenvalue weighted by atomic mass is 16.5. The maximum Gasteiger partial charge on any atom is 0.218 e. The van der Waals surface area contributed by atoms with Crippen molar-refractivity contribution in [2.24, 2.45) is 5.92 Å². The Kier molecular flexibility index (Phi) is 5.59. The minimum Gasteiger partial charge on any atom is -0.478 e. The van der Waals surface area contributed by atoms with Crippen molar-refractivity contribution in [3.63, 3.8) is 0 Å². The highest BCUT2D eigenvalue weighted by molar-refractivity contribution is 5.37. The van der Waals surface area contributed by atoms with E-state index in [9.17, 15) is 0 Å². The summed E-state index contributed by atoms with van der Waals surface area (Å²) in [6.07, 6.45) is 3.80. The Labute approximate surface area is 121 Å². The molecule has 20 heavy (non-hydrogen) atoms. The average Bonchev–Trinajstić information content (AvgIpc) is 2.92. The van der Waals surface area contributed by atoms with Crippen molar-refractivity contribution in [2.75, 3.05) is 31.6 Å². The number of rotatable bonds is 7. The predicted octanol–water partition coefficient (Wildman–Crippen LogP) is 2.41. The summed E-state index contributed by atoms with van der Waals surface area (Å²) < 4.78 is 5.52. The van der Waals surface area contributed by atoms with Crippen LogP contribution in [0.1, 0.15) is 33.6 Å². The van der Waals surface area contributed by atoms with Crippen molar-refractivity contribution in [3.8, 4) is 5.88 Å². The molecule has 2 rings (SSSR count). The van der Waals surface area contributed by atoms with E-state index in [1.54, 1.807) is 6.33 Å². The number of nitrogens with one attached hydrogen (secondary N) is 1. The van der Waals surface area contributed by atoms with Gasteiger partial charge in [0.2, 0.25) is 5.88 Å². The first-order chi connectivity index (χ1) is 9.69. The second kappa shape index (κ2) is 7.43. The first kappa shape index (κ1) is 15.0. The summed E-state index contributed by atoms with van der Waals surface area (Å²) in [5.41, 5.74) is 0. The molecule has 1 aromatic heterocycles. The van der Waals surface area contributed by atoms with Crippen LogP contribution in [0.2, 0.25) is 0 Å². The van der Waals surface area contributed by atoms with Crippen LogP contribution in [0.4, 0.5) is 5.82 Å². The lowest BCUT2D eigenvalue weighted by Gasteiger charge is -2.20. The lowest BCUT2D eigenvalue weighted by atomic mass is 10.1. The summed E-state index contributed by atoms with van der Waals surface area (Å²) in [4.78, 5) is 10.9. The maximum absolute atomic E-state index is 5.52. The second-order valence-corrected chi connectivity index (χ2v) is 5.71. The fourth-order valence-corrected chi connectivity index (χ4v) is 2.47. The molecule has 0 bridgehead atoms. The summed E-state index contributed by atoms with van der Waals surface area (Å²) in [6.45, 7) is 10.7. The van der Waals surface area contributed by atoms with Crippen LogP contribution in [-0.4, -0.2) is 47.2 Å². The average molecular weight is 278 g/mol. The molecule has 5 nitrogen and oxygen atoms in total. The third kappa shape index (κ3) is 4.34. The fourth-order valence-electron chi connectivity index (χ4n) is 2.47. The smallest absolute Gasteiger partial charge is 0.218 e. The Morgan fingerprint density at radius 3 is 3.00 bits per heavy atom. The molecule has 0 radical (unpaired) electrons. The van der Waals surface area contributed by atoms with Gasteiger partial charge < -0.3 is 15.0 Å². The quantitative estimate of drug-likeness (QED) is 0.830. The normalized spacial score (nSPS) is 19.5. The SMILES string of the molecule is CCCOc1cc(NCC2CCN(C(C)C)C2)ncn1. The summed E-state index contributed by atoms with van der Waals surface area (Å²) in [5, 5.41) is 3.41.